The molecule has 0 aliphatic carbocycles. The Balaban J connectivity index is 2.03. The van der Waals surface area contributed by atoms with Crippen LogP contribution in [-0.2, 0) is 0 Å². The fraction of sp³-hybridized carbons (Fsp3) is 0. The third kappa shape index (κ3) is 3.23. The molecule has 0 bridgehead atoms. The molecule has 2 heteroatoms. The van der Waals surface area contributed by atoms with Gasteiger partial charge < -0.3 is 0 Å². The molecule has 1 aromatic heterocycles. The SMILES string of the molecule is C(#C[PH](c1ccccc1)(c1ccccc1)c1ccccc1)c1ccsc1. The van der Waals surface area contributed by atoms with Gasteiger partial charge in [-0.3, -0.25) is 0 Å². The summed E-state index contributed by atoms with van der Waals surface area (Å²) in [5.41, 5.74) is 4.87. The van der Waals surface area contributed by atoms with Gasteiger partial charge in [0.15, 0.2) is 0 Å². The average molecular weight is 370 g/mol. The molecule has 0 saturated heterocycles. The van der Waals surface area contributed by atoms with E-state index < -0.39 is 7.26 Å². The number of rotatable bonds is 3. The Hall–Kier alpha value is -2.65. The first kappa shape index (κ1) is 16.8. The molecule has 26 heavy (non-hydrogen) atoms. The molecule has 0 amide bonds. The minimum absolute atomic E-state index is 1.09. The molecular formula is C24H19PS. The van der Waals surface area contributed by atoms with E-state index >= 15 is 0 Å². The summed E-state index contributed by atoms with van der Waals surface area (Å²) < 4.78 is 0. The fourth-order valence-corrected chi connectivity index (χ4v) is 7.71. The molecule has 4 rings (SSSR count). The van der Waals surface area contributed by atoms with Crippen LogP contribution in [0, 0.1) is 11.6 Å². The number of hydrogen-bond acceptors (Lipinski definition) is 1. The summed E-state index contributed by atoms with van der Waals surface area (Å²) >= 11 is 1.69. The van der Waals surface area contributed by atoms with Crippen molar-refractivity contribution in [1.82, 2.24) is 0 Å². The number of benzene rings is 3. The second-order valence-corrected chi connectivity index (χ2v) is 10.4. The Labute approximate surface area is 159 Å². The Morgan fingerprint density at radius 1 is 0.577 bits per heavy atom. The summed E-state index contributed by atoms with van der Waals surface area (Å²) in [5, 5.41) is 8.16. The first-order chi connectivity index (χ1) is 12.9. The van der Waals surface area contributed by atoms with Gasteiger partial charge in [-0.05, 0) is 0 Å². The van der Waals surface area contributed by atoms with Crippen molar-refractivity contribution < 1.29 is 0 Å². The molecule has 0 unspecified atom stereocenters. The van der Waals surface area contributed by atoms with E-state index in [1.165, 1.54) is 15.9 Å². The van der Waals surface area contributed by atoms with Crippen LogP contribution in [0.3, 0.4) is 0 Å². The molecule has 0 spiro atoms. The van der Waals surface area contributed by atoms with E-state index in [0.29, 0.717) is 0 Å². The normalized spacial score (nSPS) is 11.4. The van der Waals surface area contributed by atoms with Gasteiger partial charge in [0.05, 0.1) is 0 Å². The van der Waals surface area contributed by atoms with Crippen molar-refractivity contribution >= 4 is 34.5 Å². The van der Waals surface area contributed by atoms with Gasteiger partial charge in [0.2, 0.25) is 0 Å². The van der Waals surface area contributed by atoms with Crippen molar-refractivity contribution in [2.45, 2.75) is 0 Å². The molecule has 0 N–H and O–H groups in total. The van der Waals surface area contributed by atoms with Crippen molar-refractivity contribution in [3.63, 3.8) is 0 Å². The quantitative estimate of drug-likeness (QED) is 0.360. The summed E-state index contributed by atoms with van der Waals surface area (Å²) in [7, 11) is -2.44. The molecular weight excluding hydrogens is 351 g/mol. The average Bonchev–Trinajstić information content (AvgIpc) is 3.25. The van der Waals surface area contributed by atoms with E-state index in [0.717, 1.165) is 5.56 Å². The maximum absolute atomic E-state index is 3.78. The summed E-state index contributed by atoms with van der Waals surface area (Å²) in [4.78, 5) is 0. The zero-order valence-electron chi connectivity index (χ0n) is 14.3. The summed E-state index contributed by atoms with van der Waals surface area (Å²) in [6, 6.07) is 34.4. The van der Waals surface area contributed by atoms with Gasteiger partial charge >= 0.3 is 159 Å². The van der Waals surface area contributed by atoms with E-state index in [1.807, 2.05) is 0 Å². The van der Waals surface area contributed by atoms with Gasteiger partial charge in [0.25, 0.3) is 0 Å². The van der Waals surface area contributed by atoms with Crippen LogP contribution in [-0.4, -0.2) is 0 Å². The molecule has 1 heterocycles. The Morgan fingerprint density at radius 2 is 1.04 bits per heavy atom. The first-order valence-electron chi connectivity index (χ1n) is 8.61. The van der Waals surface area contributed by atoms with E-state index in [2.05, 4.69) is 119 Å². The van der Waals surface area contributed by atoms with Crippen LogP contribution in [0.15, 0.2) is 108 Å². The molecule has 0 atom stereocenters. The van der Waals surface area contributed by atoms with Crippen LogP contribution in [0.5, 0.6) is 0 Å². The van der Waals surface area contributed by atoms with Crippen LogP contribution in [0.2, 0.25) is 0 Å². The Morgan fingerprint density at radius 3 is 1.42 bits per heavy atom. The standard InChI is InChI=1S/C24H19PS/c1-4-10-22(11-5-1)25(23-12-6-2-7-13-23,24-14-8-3-9-15-24)18-16-21-17-19-26-20-21/h1-15,17,19-20,25H. The van der Waals surface area contributed by atoms with Crippen molar-refractivity contribution in [2.75, 3.05) is 0 Å². The van der Waals surface area contributed by atoms with Crippen LogP contribution >= 0.6 is 18.6 Å². The zero-order chi connectivity index (χ0) is 17.7. The van der Waals surface area contributed by atoms with Crippen LogP contribution in [0.1, 0.15) is 5.56 Å². The van der Waals surface area contributed by atoms with Crippen LogP contribution in [0.4, 0.5) is 0 Å². The van der Waals surface area contributed by atoms with Crippen LogP contribution < -0.4 is 15.9 Å². The third-order valence-corrected chi connectivity index (χ3v) is 9.32. The van der Waals surface area contributed by atoms with Crippen molar-refractivity contribution in [3.05, 3.63) is 113 Å². The van der Waals surface area contributed by atoms with E-state index in [-0.39, 0.29) is 0 Å². The minimum atomic E-state index is -2.44. The monoisotopic (exact) mass is 370 g/mol. The Kier molecular flexibility index (Phi) is 4.98. The van der Waals surface area contributed by atoms with Crippen molar-refractivity contribution in [3.8, 4) is 11.6 Å². The molecule has 126 valence electrons. The molecule has 0 saturated carbocycles. The van der Waals surface area contributed by atoms with Gasteiger partial charge in [-0.15, -0.1) is 0 Å². The number of hydrogen-bond donors (Lipinski definition) is 0. The van der Waals surface area contributed by atoms with E-state index in [9.17, 15) is 0 Å². The summed E-state index contributed by atoms with van der Waals surface area (Å²) in [5.74, 6) is 3.48. The van der Waals surface area contributed by atoms with Crippen molar-refractivity contribution in [1.29, 1.82) is 0 Å². The molecule has 0 fully saturated rings. The van der Waals surface area contributed by atoms with Gasteiger partial charge in [0.1, 0.15) is 0 Å². The topological polar surface area (TPSA) is 0 Å². The van der Waals surface area contributed by atoms with Gasteiger partial charge in [-0.25, -0.2) is 0 Å². The summed E-state index contributed by atoms with van der Waals surface area (Å²) in [6.45, 7) is 0. The molecule has 0 nitrogen and oxygen atoms in total. The molecule has 3 aromatic carbocycles. The fourth-order valence-electron chi connectivity index (χ4n) is 3.28. The van der Waals surface area contributed by atoms with Gasteiger partial charge in [0, 0.05) is 0 Å². The third-order valence-electron chi connectivity index (χ3n) is 4.54. The summed E-state index contributed by atoms with van der Waals surface area (Å²) in [6.07, 6.45) is 0. The molecule has 0 radical (unpaired) electrons. The number of thiophene rings is 1. The molecule has 0 aliphatic heterocycles. The predicted molar refractivity (Wildman–Crippen MR) is 118 cm³/mol. The molecule has 0 aliphatic rings. The maximum atomic E-state index is 3.78. The van der Waals surface area contributed by atoms with E-state index in [4.69, 9.17) is 0 Å². The van der Waals surface area contributed by atoms with Gasteiger partial charge in [-0.2, -0.15) is 0 Å². The predicted octanol–water partition coefficient (Wildman–Crippen LogP) is 4.78. The van der Waals surface area contributed by atoms with Gasteiger partial charge in [-0.1, -0.05) is 0 Å². The Bertz CT molecular complexity index is 915. The molecule has 4 aromatic rings. The van der Waals surface area contributed by atoms with Crippen molar-refractivity contribution in [2.24, 2.45) is 0 Å². The zero-order valence-corrected chi connectivity index (χ0v) is 16.1. The first-order valence-corrected chi connectivity index (χ1v) is 11.6. The second kappa shape index (κ2) is 7.71. The van der Waals surface area contributed by atoms with E-state index in [1.54, 1.807) is 11.3 Å². The second-order valence-electron chi connectivity index (χ2n) is 6.11. The van der Waals surface area contributed by atoms with Crippen LogP contribution in [0.25, 0.3) is 0 Å².